The highest BCUT2D eigenvalue weighted by Crippen LogP contribution is 2.30. The van der Waals surface area contributed by atoms with Crippen LogP contribution in [0.5, 0.6) is 11.5 Å². The minimum absolute atomic E-state index is 0.0897. The number of aliphatic hydroxyl groups is 1. The van der Waals surface area contributed by atoms with Gasteiger partial charge in [0, 0.05) is 37.4 Å². The minimum atomic E-state index is -0.775. The molecule has 0 amide bonds. The Morgan fingerprint density at radius 2 is 2.11 bits per heavy atom. The number of halogens is 1. The van der Waals surface area contributed by atoms with Crippen LogP contribution in [0.3, 0.4) is 0 Å². The number of aliphatic hydroxyl groups excluding tert-OH is 1. The number of rotatable bonds is 9. The van der Waals surface area contributed by atoms with Crippen LogP contribution in [0.15, 0.2) is 18.2 Å². The molecule has 2 aliphatic heterocycles. The number of benzene rings is 1. The zero-order valence-electron chi connectivity index (χ0n) is 16.7. The van der Waals surface area contributed by atoms with Gasteiger partial charge < -0.3 is 25.2 Å². The maximum Gasteiger partial charge on any atom is 0.163 e. The van der Waals surface area contributed by atoms with Crippen LogP contribution < -0.4 is 30.7 Å². The van der Waals surface area contributed by atoms with E-state index >= 15 is 0 Å². The van der Waals surface area contributed by atoms with Crippen molar-refractivity contribution in [2.45, 2.75) is 44.1 Å². The summed E-state index contributed by atoms with van der Waals surface area (Å²) < 4.78 is 24.0. The Hall–Kier alpha value is -1.65. The SMILES string of the molecule is CNC1CC(C)NC(Nc2ccc(OC)c(OC[C@H](O)CN3CC(F)C3)c2)N1. The van der Waals surface area contributed by atoms with Crippen molar-refractivity contribution < 1.29 is 19.0 Å². The van der Waals surface area contributed by atoms with Crippen molar-refractivity contribution in [1.82, 2.24) is 20.9 Å². The Morgan fingerprint density at radius 3 is 2.79 bits per heavy atom. The molecule has 1 aromatic carbocycles. The predicted octanol–water partition coefficient (Wildman–Crippen LogP) is 0.301. The van der Waals surface area contributed by atoms with Crippen LogP contribution in [0.4, 0.5) is 10.1 Å². The molecule has 5 N–H and O–H groups in total. The number of hydrogen-bond acceptors (Lipinski definition) is 8. The first-order valence-electron chi connectivity index (χ1n) is 9.78. The first-order chi connectivity index (χ1) is 13.5. The molecule has 0 spiro atoms. The Balaban J connectivity index is 1.56. The third kappa shape index (κ3) is 5.68. The molecule has 9 heteroatoms. The van der Waals surface area contributed by atoms with Gasteiger partial charge in [0.15, 0.2) is 11.5 Å². The molecule has 0 radical (unpaired) electrons. The van der Waals surface area contributed by atoms with Gasteiger partial charge >= 0.3 is 0 Å². The summed E-state index contributed by atoms with van der Waals surface area (Å²) in [5.74, 6) is 1.14. The summed E-state index contributed by atoms with van der Waals surface area (Å²) in [7, 11) is 3.52. The van der Waals surface area contributed by atoms with Crippen molar-refractivity contribution in [3.63, 3.8) is 0 Å². The van der Waals surface area contributed by atoms with E-state index in [9.17, 15) is 9.50 Å². The first kappa shape index (κ1) is 21.1. The van der Waals surface area contributed by atoms with Crippen molar-refractivity contribution in [3.05, 3.63) is 18.2 Å². The van der Waals surface area contributed by atoms with Gasteiger partial charge in [0.1, 0.15) is 25.2 Å². The van der Waals surface area contributed by atoms with E-state index in [-0.39, 0.29) is 19.1 Å². The van der Waals surface area contributed by atoms with Gasteiger partial charge in [-0.2, -0.15) is 0 Å². The molecule has 8 nitrogen and oxygen atoms in total. The second-order valence-electron chi connectivity index (χ2n) is 7.53. The van der Waals surface area contributed by atoms with Gasteiger partial charge in [0.25, 0.3) is 0 Å². The van der Waals surface area contributed by atoms with E-state index < -0.39 is 12.3 Å². The largest absolute Gasteiger partial charge is 0.493 e. The molecule has 0 bridgehead atoms. The van der Waals surface area contributed by atoms with Crippen molar-refractivity contribution in [1.29, 1.82) is 0 Å². The number of ether oxygens (including phenoxy) is 2. The summed E-state index contributed by atoms with van der Waals surface area (Å²) in [5, 5.41) is 23.7. The molecule has 0 aliphatic carbocycles. The number of anilines is 1. The van der Waals surface area contributed by atoms with Gasteiger partial charge in [-0.1, -0.05) is 0 Å². The highest BCUT2D eigenvalue weighted by molar-refractivity contribution is 5.55. The summed E-state index contributed by atoms with van der Waals surface area (Å²) in [5.41, 5.74) is 0.863. The quantitative estimate of drug-likeness (QED) is 0.407. The standard InChI is InChI=1S/C19H32FN5O3/c1-12-6-18(21-2)24-19(22-12)23-14-4-5-16(27-3)17(7-14)28-11-15(26)10-25-8-13(20)9-25/h4-5,7,12-13,15,18-19,21-24,26H,6,8-11H2,1-3H3/t12?,15-,18?,19?/m1/s1. The number of methoxy groups -OCH3 is 1. The molecular weight excluding hydrogens is 365 g/mol. The molecule has 3 unspecified atom stereocenters. The number of nitrogens with one attached hydrogen (secondary N) is 4. The lowest BCUT2D eigenvalue weighted by Crippen LogP contribution is -2.63. The topological polar surface area (TPSA) is 90.0 Å². The summed E-state index contributed by atoms with van der Waals surface area (Å²) in [6, 6.07) is 5.96. The molecule has 2 aliphatic rings. The van der Waals surface area contributed by atoms with E-state index in [1.54, 1.807) is 7.11 Å². The predicted molar refractivity (Wildman–Crippen MR) is 106 cm³/mol. The molecule has 2 fully saturated rings. The monoisotopic (exact) mass is 397 g/mol. The molecule has 1 aromatic rings. The minimum Gasteiger partial charge on any atom is -0.493 e. The summed E-state index contributed by atoms with van der Waals surface area (Å²) in [6.45, 7) is 3.43. The van der Waals surface area contributed by atoms with E-state index in [2.05, 4.69) is 28.2 Å². The Labute approximate surface area is 165 Å². The van der Waals surface area contributed by atoms with E-state index in [1.165, 1.54) is 0 Å². The van der Waals surface area contributed by atoms with Gasteiger partial charge in [0.2, 0.25) is 0 Å². The molecule has 0 aromatic heterocycles. The van der Waals surface area contributed by atoms with Crippen LogP contribution in [-0.4, -0.2) is 81.2 Å². The van der Waals surface area contributed by atoms with Gasteiger partial charge in [-0.3, -0.25) is 15.5 Å². The molecule has 0 saturated carbocycles. The van der Waals surface area contributed by atoms with Crippen LogP contribution in [0.25, 0.3) is 0 Å². The number of likely N-dealkylation sites (tertiary alicyclic amines) is 1. The molecule has 28 heavy (non-hydrogen) atoms. The number of nitrogens with zero attached hydrogens (tertiary/aromatic N) is 1. The van der Waals surface area contributed by atoms with E-state index in [0.29, 0.717) is 37.2 Å². The van der Waals surface area contributed by atoms with Crippen LogP contribution >= 0.6 is 0 Å². The third-order valence-corrected chi connectivity index (χ3v) is 5.04. The Bertz CT molecular complexity index is 632. The molecule has 158 valence electrons. The summed E-state index contributed by atoms with van der Waals surface area (Å²) in [4.78, 5) is 1.87. The fourth-order valence-corrected chi connectivity index (χ4v) is 3.55. The van der Waals surface area contributed by atoms with Crippen molar-refractivity contribution in [2.75, 3.05) is 45.7 Å². The van der Waals surface area contributed by atoms with Gasteiger partial charge in [0.05, 0.1) is 13.3 Å². The lowest BCUT2D eigenvalue weighted by atomic mass is 10.1. The van der Waals surface area contributed by atoms with Crippen LogP contribution in [-0.2, 0) is 0 Å². The zero-order valence-corrected chi connectivity index (χ0v) is 16.7. The highest BCUT2D eigenvalue weighted by Gasteiger charge is 2.28. The van der Waals surface area contributed by atoms with Gasteiger partial charge in [-0.25, -0.2) is 4.39 Å². The summed E-state index contributed by atoms with van der Waals surface area (Å²) in [6.07, 6.45) is -0.337. The molecule has 2 heterocycles. The maximum absolute atomic E-state index is 12.9. The molecule has 3 rings (SSSR count). The Kier molecular flexibility index (Phi) is 7.30. The lowest BCUT2D eigenvalue weighted by molar-refractivity contribution is 0.00674. The normalized spacial score (nSPS) is 27.1. The lowest BCUT2D eigenvalue weighted by Gasteiger charge is -2.36. The van der Waals surface area contributed by atoms with Gasteiger partial charge in [-0.15, -0.1) is 0 Å². The number of β-amino-alcohol motifs (C(OH)–C–C–N with tert-alkyl or cyclic N) is 1. The van der Waals surface area contributed by atoms with Crippen molar-refractivity contribution in [2.24, 2.45) is 0 Å². The fraction of sp³-hybridized carbons (Fsp3) is 0.684. The van der Waals surface area contributed by atoms with Crippen molar-refractivity contribution >= 4 is 5.69 Å². The fourth-order valence-electron chi connectivity index (χ4n) is 3.55. The second kappa shape index (κ2) is 9.71. The smallest absolute Gasteiger partial charge is 0.163 e. The van der Waals surface area contributed by atoms with Gasteiger partial charge in [-0.05, 0) is 32.5 Å². The number of alkyl halides is 1. The average Bonchev–Trinajstić information content (AvgIpc) is 2.64. The van der Waals surface area contributed by atoms with E-state index in [4.69, 9.17) is 9.47 Å². The van der Waals surface area contributed by atoms with E-state index in [0.717, 1.165) is 12.1 Å². The van der Waals surface area contributed by atoms with Crippen LogP contribution in [0.1, 0.15) is 13.3 Å². The van der Waals surface area contributed by atoms with Crippen molar-refractivity contribution in [3.8, 4) is 11.5 Å². The highest BCUT2D eigenvalue weighted by atomic mass is 19.1. The maximum atomic E-state index is 12.9. The van der Waals surface area contributed by atoms with E-state index in [1.807, 2.05) is 30.1 Å². The Morgan fingerprint density at radius 1 is 1.32 bits per heavy atom. The zero-order chi connectivity index (χ0) is 20.1. The molecule has 2 saturated heterocycles. The molecular formula is C19H32FN5O3. The third-order valence-electron chi connectivity index (χ3n) is 5.04. The van der Waals surface area contributed by atoms with Crippen LogP contribution in [0.2, 0.25) is 0 Å². The average molecular weight is 397 g/mol. The number of hydrogen-bond donors (Lipinski definition) is 5. The van der Waals surface area contributed by atoms with Crippen LogP contribution in [0, 0.1) is 0 Å². The second-order valence-corrected chi connectivity index (χ2v) is 7.53. The molecule has 4 atom stereocenters. The first-order valence-corrected chi connectivity index (χ1v) is 9.78. The summed E-state index contributed by atoms with van der Waals surface area (Å²) >= 11 is 0.